The zero-order valence-corrected chi connectivity index (χ0v) is 14.7. The molecule has 2 aromatic carbocycles. The monoisotopic (exact) mass is 370 g/mol. The summed E-state index contributed by atoms with van der Waals surface area (Å²) in [5.74, 6) is -0.0663. The van der Waals surface area contributed by atoms with E-state index in [9.17, 15) is 18.7 Å². The first-order valence-corrected chi connectivity index (χ1v) is 9.36. The van der Waals surface area contributed by atoms with Gasteiger partial charge in [0.05, 0.1) is 12.6 Å². The lowest BCUT2D eigenvalue weighted by atomic mass is 10.1. The van der Waals surface area contributed by atoms with Crippen LogP contribution in [-0.2, 0) is 11.3 Å². The van der Waals surface area contributed by atoms with E-state index in [1.165, 1.54) is 24.3 Å². The lowest BCUT2D eigenvalue weighted by molar-refractivity contribution is -0.135. The third-order valence-corrected chi connectivity index (χ3v) is 5.92. The summed E-state index contributed by atoms with van der Waals surface area (Å²) in [5.41, 5.74) is 1.48. The minimum Gasteiger partial charge on any atom is -0.389 e. The van der Waals surface area contributed by atoms with Crippen molar-refractivity contribution in [2.75, 3.05) is 6.54 Å². The number of benzene rings is 2. The first kappa shape index (κ1) is 16.7. The molecule has 3 atom stereocenters. The van der Waals surface area contributed by atoms with Crippen molar-refractivity contribution in [1.29, 1.82) is 0 Å². The number of likely N-dealkylation sites (tertiary alicyclic amines) is 1. The van der Waals surface area contributed by atoms with E-state index in [0.717, 1.165) is 23.9 Å². The molecule has 2 fully saturated rings. The van der Waals surface area contributed by atoms with Crippen molar-refractivity contribution >= 4 is 27.7 Å². The fraction of sp³-hybridized carbons (Fsp3) is 0.381. The Morgan fingerprint density at radius 1 is 1.04 bits per heavy atom. The Morgan fingerprint density at radius 3 is 2.30 bits per heavy atom. The van der Waals surface area contributed by atoms with Gasteiger partial charge in [0.2, 0.25) is 5.91 Å². The zero-order valence-electron chi connectivity index (χ0n) is 14.7. The lowest BCUT2D eigenvalue weighted by Gasteiger charge is -2.29. The first-order valence-electron chi connectivity index (χ1n) is 9.36. The Morgan fingerprint density at radius 2 is 1.67 bits per heavy atom. The van der Waals surface area contributed by atoms with E-state index in [1.54, 1.807) is 12.1 Å². The molecule has 5 rings (SSSR count). The number of piperidine rings is 1. The largest absolute Gasteiger partial charge is 0.389 e. The van der Waals surface area contributed by atoms with Gasteiger partial charge in [0.1, 0.15) is 11.6 Å². The van der Waals surface area contributed by atoms with Crippen LogP contribution in [0.15, 0.2) is 36.4 Å². The summed E-state index contributed by atoms with van der Waals surface area (Å²) >= 11 is 0. The van der Waals surface area contributed by atoms with Crippen LogP contribution in [0.4, 0.5) is 8.78 Å². The lowest BCUT2D eigenvalue weighted by Crippen LogP contribution is -2.43. The van der Waals surface area contributed by atoms with E-state index in [1.807, 2.05) is 9.47 Å². The number of aromatic nitrogens is 1. The number of aliphatic hydroxyl groups excluding tert-OH is 1. The van der Waals surface area contributed by atoms with Gasteiger partial charge in [-0.15, -0.1) is 0 Å². The number of hydrogen-bond acceptors (Lipinski definition) is 2. The topological polar surface area (TPSA) is 45.5 Å². The van der Waals surface area contributed by atoms with Crippen LogP contribution in [0.3, 0.4) is 0 Å². The van der Waals surface area contributed by atoms with E-state index >= 15 is 0 Å². The van der Waals surface area contributed by atoms with Gasteiger partial charge in [-0.1, -0.05) is 0 Å². The summed E-state index contributed by atoms with van der Waals surface area (Å²) in [7, 11) is 0. The number of carbonyl (C=O) groups is 1. The van der Waals surface area contributed by atoms with E-state index < -0.39 is 6.10 Å². The normalized spacial score (nSPS) is 23.1. The smallest absolute Gasteiger partial charge is 0.222 e. The Bertz CT molecular complexity index is 1000. The minimum atomic E-state index is -0.748. The van der Waals surface area contributed by atoms with E-state index in [4.69, 9.17) is 0 Å². The molecule has 3 aromatic rings. The summed E-state index contributed by atoms with van der Waals surface area (Å²) in [6, 6.07) is 9.09. The number of aliphatic hydroxyl groups is 1. The molecule has 6 heteroatoms. The Hall–Kier alpha value is -2.47. The van der Waals surface area contributed by atoms with Gasteiger partial charge < -0.3 is 14.6 Å². The fourth-order valence-electron chi connectivity index (χ4n) is 4.54. The van der Waals surface area contributed by atoms with Crippen molar-refractivity contribution < 1.29 is 18.7 Å². The molecule has 140 valence electrons. The molecule has 1 N–H and O–H groups in total. The maximum absolute atomic E-state index is 13.7. The molecule has 27 heavy (non-hydrogen) atoms. The summed E-state index contributed by atoms with van der Waals surface area (Å²) in [4.78, 5) is 14.0. The summed E-state index contributed by atoms with van der Waals surface area (Å²) in [6.45, 7) is 0.558. The second-order valence-corrected chi connectivity index (χ2v) is 7.74. The molecular weight excluding hydrogens is 350 g/mol. The van der Waals surface area contributed by atoms with Gasteiger partial charge in [0, 0.05) is 40.8 Å². The fourth-order valence-corrected chi connectivity index (χ4v) is 4.54. The molecule has 1 saturated heterocycles. The van der Waals surface area contributed by atoms with Crippen LogP contribution < -0.4 is 0 Å². The van der Waals surface area contributed by atoms with Crippen LogP contribution in [0.1, 0.15) is 19.3 Å². The summed E-state index contributed by atoms with van der Waals surface area (Å²) in [5, 5.41) is 11.9. The van der Waals surface area contributed by atoms with Gasteiger partial charge in [0.25, 0.3) is 0 Å². The average Bonchev–Trinajstić information content (AvgIpc) is 3.37. The molecule has 1 aliphatic heterocycles. The van der Waals surface area contributed by atoms with Crippen LogP contribution in [-0.4, -0.2) is 39.2 Å². The molecule has 1 aliphatic carbocycles. The van der Waals surface area contributed by atoms with Gasteiger partial charge in [-0.2, -0.15) is 0 Å². The number of amides is 1. The molecule has 1 saturated carbocycles. The van der Waals surface area contributed by atoms with Crippen LogP contribution in [0.2, 0.25) is 0 Å². The maximum atomic E-state index is 13.7. The Labute approximate surface area is 155 Å². The number of nitrogens with zero attached hydrogens (tertiary/aromatic N) is 2. The molecule has 2 heterocycles. The number of carbonyl (C=O) groups excluding carboxylic acids is 1. The third-order valence-electron chi connectivity index (χ3n) is 5.92. The second kappa shape index (κ2) is 6.02. The van der Waals surface area contributed by atoms with Crippen molar-refractivity contribution in [2.45, 2.75) is 38.0 Å². The van der Waals surface area contributed by atoms with E-state index in [2.05, 4.69) is 0 Å². The highest BCUT2D eigenvalue weighted by Crippen LogP contribution is 2.43. The van der Waals surface area contributed by atoms with Crippen molar-refractivity contribution in [3.05, 3.63) is 48.0 Å². The van der Waals surface area contributed by atoms with Crippen molar-refractivity contribution in [3.63, 3.8) is 0 Å². The second-order valence-electron chi connectivity index (χ2n) is 7.74. The van der Waals surface area contributed by atoms with Crippen molar-refractivity contribution in [3.8, 4) is 0 Å². The number of hydrogen-bond donors (Lipinski definition) is 1. The highest BCUT2D eigenvalue weighted by Gasteiger charge is 2.47. The molecule has 0 spiro atoms. The standard InChI is InChI=1S/C21H20F2N2O2/c22-13-2-4-18-16(8-13)17-9-14(23)3-5-19(17)24(18)10-15(26)11-25-20-7-12(20)1-6-21(25)27/h2-5,8-9,12,15,20,26H,1,6-7,10-11H2. The van der Waals surface area contributed by atoms with Gasteiger partial charge in [-0.25, -0.2) is 8.78 Å². The van der Waals surface area contributed by atoms with Gasteiger partial charge >= 0.3 is 0 Å². The number of β-amino-alcohol motifs (C(OH)–C–C–N with tert-alkyl or cyclic N) is 1. The van der Waals surface area contributed by atoms with Crippen LogP contribution in [0.25, 0.3) is 21.8 Å². The van der Waals surface area contributed by atoms with E-state index in [-0.39, 0.29) is 30.1 Å². The highest BCUT2D eigenvalue weighted by atomic mass is 19.1. The summed E-state index contributed by atoms with van der Waals surface area (Å²) in [6.07, 6.45) is 1.80. The third kappa shape index (κ3) is 2.79. The molecule has 0 bridgehead atoms. The molecule has 1 amide bonds. The maximum Gasteiger partial charge on any atom is 0.222 e. The molecule has 0 radical (unpaired) electrons. The molecule has 4 nitrogen and oxygen atoms in total. The predicted molar refractivity (Wildman–Crippen MR) is 98.2 cm³/mol. The number of halogens is 2. The minimum absolute atomic E-state index is 0.110. The molecule has 3 unspecified atom stereocenters. The van der Waals surface area contributed by atoms with Gasteiger partial charge in [-0.05, 0) is 55.2 Å². The molecular formula is C21H20F2N2O2. The Kier molecular flexibility index (Phi) is 3.72. The SMILES string of the molecule is O=C1CCC2CC2N1CC(O)Cn1c2ccc(F)cc2c2cc(F)ccc21. The summed E-state index contributed by atoms with van der Waals surface area (Å²) < 4.78 is 29.4. The molecule has 1 aromatic heterocycles. The van der Waals surface area contributed by atoms with Gasteiger partial charge in [0.15, 0.2) is 0 Å². The zero-order chi connectivity index (χ0) is 18.7. The van der Waals surface area contributed by atoms with Crippen LogP contribution in [0.5, 0.6) is 0 Å². The average molecular weight is 370 g/mol. The Balaban J connectivity index is 1.49. The highest BCUT2D eigenvalue weighted by molar-refractivity contribution is 6.08. The van der Waals surface area contributed by atoms with Crippen molar-refractivity contribution in [2.24, 2.45) is 5.92 Å². The predicted octanol–water partition coefficient (Wildman–Crippen LogP) is 3.44. The van der Waals surface area contributed by atoms with Crippen LogP contribution >= 0.6 is 0 Å². The van der Waals surface area contributed by atoms with Crippen LogP contribution in [0, 0.1) is 17.6 Å². The van der Waals surface area contributed by atoms with E-state index in [0.29, 0.717) is 29.7 Å². The number of rotatable bonds is 4. The quantitative estimate of drug-likeness (QED) is 0.765. The van der Waals surface area contributed by atoms with Gasteiger partial charge in [-0.3, -0.25) is 4.79 Å². The first-order chi connectivity index (χ1) is 13.0. The number of fused-ring (bicyclic) bond motifs is 4. The van der Waals surface area contributed by atoms with Crippen molar-refractivity contribution in [1.82, 2.24) is 9.47 Å². The molecule has 2 aliphatic rings.